The van der Waals surface area contributed by atoms with Crippen molar-refractivity contribution in [2.45, 2.75) is 38.7 Å². The standard InChI is InChI=1S/C15H16F6O2/c1-13(2,8-9-6-4-3-5-7-9)11(22)10(14(16,17)18)12(23)15(19,20)21/h3-7,10,12,23H,8H2,1-2H3/t10-,12-/m1/s1. The predicted octanol–water partition coefficient (Wildman–Crippen LogP) is 3.93. The van der Waals surface area contributed by atoms with E-state index in [1.807, 2.05) is 0 Å². The minimum absolute atomic E-state index is 0.177. The number of carbonyl (C=O) groups is 1. The Morgan fingerprint density at radius 3 is 1.87 bits per heavy atom. The third kappa shape index (κ3) is 4.95. The van der Waals surface area contributed by atoms with Gasteiger partial charge >= 0.3 is 12.4 Å². The van der Waals surface area contributed by atoms with Crippen molar-refractivity contribution in [3.63, 3.8) is 0 Å². The summed E-state index contributed by atoms with van der Waals surface area (Å²) in [6.45, 7) is 2.26. The number of hydrogen-bond acceptors (Lipinski definition) is 2. The minimum atomic E-state index is -5.54. The molecule has 0 unspecified atom stereocenters. The minimum Gasteiger partial charge on any atom is -0.383 e. The van der Waals surface area contributed by atoms with E-state index in [0.717, 1.165) is 13.8 Å². The number of hydrogen-bond donors (Lipinski definition) is 1. The summed E-state index contributed by atoms with van der Waals surface area (Å²) in [6.07, 6.45) is -15.0. The van der Waals surface area contributed by atoms with Crippen LogP contribution in [0, 0.1) is 11.3 Å². The summed E-state index contributed by atoms with van der Waals surface area (Å²) in [5.41, 5.74) is -1.22. The molecule has 0 saturated carbocycles. The van der Waals surface area contributed by atoms with Crippen molar-refractivity contribution in [3.8, 4) is 0 Å². The summed E-state index contributed by atoms with van der Waals surface area (Å²) in [5, 5.41) is 9.02. The molecule has 0 aliphatic rings. The lowest BCUT2D eigenvalue weighted by atomic mass is 9.74. The van der Waals surface area contributed by atoms with E-state index in [-0.39, 0.29) is 6.42 Å². The maximum Gasteiger partial charge on any atom is 0.415 e. The lowest BCUT2D eigenvalue weighted by Gasteiger charge is -2.32. The van der Waals surface area contributed by atoms with Crippen LogP contribution in [0.15, 0.2) is 30.3 Å². The summed E-state index contributed by atoms with van der Waals surface area (Å²) in [5.74, 6) is -5.21. The first kappa shape index (κ1) is 19.5. The number of aliphatic hydroxyl groups excluding tert-OH is 1. The molecule has 1 rings (SSSR count). The topological polar surface area (TPSA) is 37.3 Å². The number of carbonyl (C=O) groups excluding carboxylic acids is 1. The molecule has 0 radical (unpaired) electrons. The van der Waals surface area contributed by atoms with Gasteiger partial charge in [-0.3, -0.25) is 4.79 Å². The van der Waals surface area contributed by atoms with Gasteiger partial charge in [0.2, 0.25) is 0 Å². The SMILES string of the molecule is CC(C)(Cc1ccccc1)C(=O)[C@H]([C@@H](O)C(F)(F)F)C(F)(F)F. The van der Waals surface area contributed by atoms with Crippen molar-refractivity contribution in [1.29, 1.82) is 0 Å². The van der Waals surface area contributed by atoms with Crippen LogP contribution in [0.1, 0.15) is 19.4 Å². The zero-order chi connectivity index (χ0) is 18.1. The number of rotatable bonds is 5. The monoisotopic (exact) mass is 342 g/mol. The number of benzene rings is 1. The highest BCUT2D eigenvalue weighted by atomic mass is 19.4. The van der Waals surface area contributed by atoms with Crippen molar-refractivity contribution < 1.29 is 36.2 Å². The highest BCUT2D eigenvalue weighted by molar-refractivity contribution is 5.88. The van der Waals surface area contributed by atoms with E-state index in [0.29, 0.717) is 5.56 Å². The molecule has 2 atom stereocenters. The normalized spacial score (nSPS) is 16.0. The first-order valence-electron chi connectivity index (χ1n) is 6.66. The van der Waals surface area contributed by atoms with Crippen LogP contribution in [0.4, 0.5) is 26.3 Å². The third-order valence-electron chi connectivity index (χ3n) is 3.44. The Hall–Kier alpha value is -1.57. The van der Waals surface area contributed by atoms with E-state index in [9.17, 15) is 31.1 Å². The Bertz CT molecular complexity index is 533. The Morgan fingerprint density at radius 1 is 1.00 bits per heavy atom. The van der Waals surface area contributed by atoms with Crippen LogP contribution in [-0.2, 0) is 11.2 Å². The average molecular weight is 342 g/mol. The molecule has 0 aliphatic heterocycles. The van der Waals surface area contributed by atoms with Gasteiger partial charge in [0.25, 0.3) is 0 Å². The van der Waals surface area contributed by atoms with Crippen molar-refractivity contribution in [2.24, 2.45) is 11.3 Å². The molecule has 0 saturated heterocycles. The summed E-state index contributed by atoms with van der Waals surface area (Å²) >= 11 is 0. The van der Waals surface area contributed by atoms with Crippen molar-refractivity contribution in [3.05, 3.63) is 35.9 Å². The molecule has 0 amide bonds. The molecule has 0 fully saturated rings. The molecule has 0 aliphatic carbocycles. The van der Waals surface area contributed by atoms with Crippen LogP contribution in [0.5, 0.6) is 0 Å². The molecular weight excluding hydrogens is 326 g/mol. The van der Waals surface area contributed by atoms with Gasteiger partial charge < -0.3 is 5.11 Å². The molecule has 0 bridgehead atoms. The maximum atomic E-state index is 12.9. The van der Waals surface area contributed by atoms with E-state index in [4.69, 9.17) is 5.11 Å². The first-order valence-corrected chi connectivity index (χ1v) is 6.66. The molecule has 0 spiro atoms. The summed E-state index contributed by atoms with van der Waals surface area (Å²) < 4.78 is 76.3. The number of Topliss-reactive ketones (excluding diaryl/α,β-unsaturated/α-hetero) is 1. The van der Waals surface area contributed by atoms with Gasteiger partial charge in [-0.1, -0.05) is 44.2 Å². The molecule has 0 aromatic heterocycles. The molecule has 130 valence electrons. The van der Waals surface area contributed by atoms with Gasteiger partial charge in [0, 0.05) is 5.41 Å². The van der Waals surface area contributed by atoms with Gasteiger partial charge in [-0.2, -0.15) is 26.3 Å². The van der Waals surface area contributed by atoms with Crippen LogP contribution in [0.3, 0.4) is 0 Å². The Labute approximate surface area is 129 Å². The largest absolute Gasteiger partial charge is 0.415 e. The molecular formula is C15H16F6O2. The van der Waals surface area contributed by atoms with Crippen molar-refractivity contribution in [1.82, 2.24) is 0 Å². The van der Waals surface area contributed by atoms with Gasteiger partial charge in [0.1, 0.15) is 5.92 Å². The van der Waals surface area contributed by atoms with Gasteiger partial charge in [-0.05, 0) is 12.0 Å². The molecule has 1 aromatic rings. The summed E-state index contributed by atoms with van der Waals surface area (Å²) in [4.78, 5) is 12.1. The van der Waals surface area contributed by atoms with E-state index < -0.39 is 35.6 Å². The molecule has 0 heterocycles. The Morgan fingerprint density at radius 2 is 1.48 bits per heavy atom. The number of ketones is 1. The van der Waals surface area contributed by atoms with Gasteiger partial charge in [0.15, 0.2) is 11.9 Å². The lowest BCUT2D eigenvalue weighted by Crippen LogP contribution is -2.51. The zero-order valence-electron chi connectivity index (χ0n) is 12.4. The van der Waals surface area contributed by atoms with E-state index in [1.165, 1.54) is 0 Å². The van der Waals surface area contributed by atoms with E-state index >= 15 is 0 Å². The fourth-order valence-corrected chi connectivity index (χ4v) is 2.27. The van der Waals surface area contributed by atoms with E-state index in [2.05, 4.69) is 0 Å². The van der Waals surface area contributed by atoms with Crippen LogP contribution >= 0.6 is 0 Å². The fraction of sp³-hybridized carbons (Fsp3) is 0.533. The van der Waals surface area contributed by atoms with Crippen LogP contribution in [-0.4, -0.2) is 29.3 Å². The second-order valence-corrected chi connectivity index (χ2v) is 5.92. The maximum absolute atomic E-state index is 12.9. The Balaban J connectivity index is 3.13. The van der Waals surface area contributed by atoms with Gasteiger partial charge in [-0.15, -0.1) is 0 Å². The average Bonchev–Trinajstić information content (AvgIpc) is 2.36. The van der Waals surface area contributed by atoms with Gasteiger partial charge in [0.05, 0.1) is 0 Å². The molecule has 8 heteroatoms. The smallest absolute Gasteiger partial charge is 0.383 e. The van der Waals surface area contributed by atoms with E-state index in [1.54, 1.807) is 30.3 Å². The second-order valence-electron chi connectivity index (χ2n) is 5.92. The van der Waals surface area contributed by atoms with Crippen LogP contribution in [0.2, 0.25) is 0 Å². The van der Waals surface area contributed by atoms with Crippen LogP contribution in [0.25, 0.3) is 0 Å². The first-order chi connectivity index (χ1) is 10.3. The fourth-order valence-electron chi connectivity index (χ4n) is 2.27. The lowest BCUT2D eigenvalue weighted by molar-refractivity contribution is -0.270. The molecule has 1 aromatic carbocycles. The van der Waals surface area contributed by atoms with Crippen molar-refractivity contribution >= 4 is 5.78 Å². The number of halogens is 6. The summed E-state index contributed by atoms with van der Waals surface area (Å²) in [6, 6.07) is 7.96. The molecule has 1 N–H and O–H groups in total. The van der Waals surface area contributed by atoms with Crippen molar-refractivity contribution in [2.75, 3.05) is 0 Å². The van der Waals surface area contributed by atoms with Gasteiger partial charge in [-0.25, -0.2) is 0 Å². The zero-order valence-corrected chi connectivity index (χ0v) is 12.4. The second kappa shape index (κ2) is 6.51. The Kier molecular flexibility index (Phi) is 5.51. The molecule has 2 nitrogen and oxygen atoms in total. The number of alkyl halides is 6. The quantitative estimate of drug-likeness (QED) is 0.824. The summed E-state index contributed by atoms with van der Waals surface area (Å²) in [7, 11) is 0. The number of aliphatic hydroxyl groups is 1. The van der Waals surface area contributed by atoms with Crippen LogP contribution < -0.4 is 0 Å². The highest BCUT2D eigenvalue weighted by Gasteiger charge is 2.60. The third-order valence-corrected chi connectivity index (χ3v) is 3.44. The molecule has 23 heavy (non-hydrogen) atoms. The highest BCUT2D eigenvalue weighted by Crippen LogP contribution is 2.41. The predicted molar refractivity (Wildman–Crippen MR) is 70.5 cm³/mol.